The number of hydrogen-bond donors (Lipinski definition) is 1. The molecule has 4 heteroatoms. The van der Waals surface area contributed by atoms with E-state index in [-0.39, 0.29) is 18.1 Å². The second-order valence-electron chi connectivity index (χ2n) is 4.82. The molecule has 0 spiro atoms. The lowest BCUT2D eigenvalue weighted by Crippen LogP contribution is -2.13. The molecule has 0 fully saturated rings. The number of halogens is 1. The number of aryl methyl sites for hydroxylation is 2. The molecule has 0 aliphatic heterocycles. The van der Waals surface area contributed by atoms with Gasteiger partial charge in [0.25, 0.3) is 0 Å². The van der Waals surface area contributed by atoms with Gasteiger partial charge in [-0.25, -0.2) is 4.39 Å². The summed E-state index contributed by atoms with van der Waals surface area (Å²) in [6.45, 7) is 1.90. The van der Waals surface area contributed by atoms with Crippen molar-refractivity contribution in [2.45, 2.75) is 19.8 Å². The average molecular weight is 287 g/mol. The van der Waals surface area contributed by atoms with E-state index in [9.17, 15) is 9.18 Å². The van der Waals surface area contributed by atoms with E-state index in [2.05, 4.69) is 5.32 Å². The number of benzene rings is 2. The normalized spacial score (nSPS) is 10.2. The molecular weight excluding hydrogens is 269 g/mol. The molecule has 0 saturated heterocycles. The number of methoxy groups -OCH3 is 1. The fraction of sp³-hybridized carbons (Fsp3) is 0.235. The lowest BCUT2D eigenvalue weighted by atomic mass is 10.1. The van der Waals surface area contributed by atoms with Gasteiger partial charge in [-0.15, -0.1) is 0 Å². The first kappa shape index (κ1) is 15.0. The number of amides is 1. The summed E-state index contributed by atoms with van der Waals surface area (Å²) < 4.78 is 18.6. The van der Waals surface area contributed by atoms with Crippen molar-refractivity contribution in [1.82, 2.24) is 0 Å². The van der Waals surface area contributed by atoms with E-state index in [1.807, 2.05) is 13.0 Å². The smallest absolute Gasteiger partial charge is 0.224 e. The summed E-state index contributed by atoms with van der Waals surface area (Å²) in [6, 6.07) is 12.0. The van der Waals surface area contributed by atoms with E-state index in [4.69, 9.17) is 4.74 Å². The van der Waals surface area contributed by atoms with Gasteiger partial charge in [-0.1, -0.05) is 18.2 Å². The third-order valence-electron chi connectivity index (χ3n) is 3.29. The Bertz CT molecular complexity index is 640. The topological polar surface area (TPSA) is 38.3 Å². The van der Waals surface area contributed by atoms with Crippen LogP contribution in [0.25, 0.3) is 0 Å². The van der Waals surface area contributed by atoms with Crippen LogP contribution in [-0.4, -0.2) is 13.0 Å². The predicted molar refractivity (Wildman–Crippen MR) is 81.1 cm³/mol. The van der Waals surface area contributed by atoms with Crippen molar-refractivity contribution < 1.29 is 13.9 Å². The van der Waals surface area contributed by atoms with E-state index < -0.39 is 0 Å². The van der Waals surface area contributed by atoms with E-state index >= 15 is 0 Å². The maximum absolute atomic E-state index is 13.5. The van der Waals surface area contributed by atoms with Gasteiger partial charge in [0, 0.05) is 12.1 Å². The molecule has 0 atom stereocenters. The minimum atomic E-state index is -0.272. The number of nitrogens with one attached hydrogen (secondary N) is 1. The van der Waals surface area contributed by atoms with E-state index in [1.54, 1.807) is 37.4 Å². The number of carbonyl (C=O) groups excluding carboxylic acids is 1. The van der Waals surface area contributed by atoms with Crippen LogP contribution in [0.4, 0.5) is 10.1 Å². The van der Waals surface area contributed by atoms with Crippen LogP contribution >= 0.6 is 0 Å². The summed E-state index contributed by atoms with van der Waals surface area (Å²) in [5.41, 5.74) is 2.22. The van der Waals surface area contributed by atoms with Gasteiger partial charge in [-0.05, 0) is 48.7 Å². The van der Waals surface area contributed by atoms with Gasteiger partial charge < -0.3 is 10.1 Å². The predicted octanol–water partition coefficient (Wildman–Crippen LogP) is 3.71. The maximum Gasteiger partial charge on any atom is 0.224 e. The number of anilines is 1. The molecule has 2 aromatic rings. The molecule has 1 amide bonds. The molecule has 0 bridgehead atoms. The molecule has 2 rings (SSSR count). The molecule has 0 aromatic heterocycles. The van der Waals surface area contributed by atoms with Crippen molar-refractivity contribution in [1.29, 1.82) is 0 Å². The molecule has 3 nitrogen and oxygen atoms in total. The Balaban J connectivity index is 1.95. The number of carbonyl (C=O) groups is 1. The summed E-state index contributed by atoms with van der Waals surface area (Å²) in [6.07, 6.45) is 0.625. The maximum atomic E-state index is 13.5. The highest BCUT2D eigenvalue weighted by atomic mass is 19.1. The summed E-state index contributed by atoms with van der Waals surface area (Å²) in [5.74, 6) is 0.342. The van der Waals surface area contributed by atoms with Crippen LogP contribution in [0, 0.1) is 12.7 Å². The Morgan fingerprint density at radius 1 is 1.24 bits per heavy atom. The molecule has 0 aliphatic rings. The highest BCUT2D eigenvalue weighted by Gasteiger charge is 2.08. The van der Waals surface area contributed by atoms with Gasteiger partial charge in [0.2, 0.25) is 5.91 Å². The van der Waals surface area contributed by atoms with Crippen molar-refractivity contribution in [3.8, 4) is 5.75 Å². The SMILES string of the molecule is COc1ccc(NC(=O)CCc2ccccc2F)c(C)c1. The third kappa shape index (κ3) is 4.05. The van der Waals surface area contributed by atoms with Crippen molar-refractivity contribution >= 4 is 11.6 Å². The molecular formula is C17H18FNO2. The largest absolute Gasteiger partial charge is 0.497 e. The van der Waals surface area contributed by atoms with Gasteiger partial charge >= 0.3 is 0 Å². The molecule has 110 valence electrons. The van der Waals surface area contributed by atoms with Gasteiger partial charge in [-0.3, -0.25) is 4.79 Å². The van der Waals surface area contributed by atoms with Crippen LogP contribution in [0.5, 0.6) is 5.75 Å². The minimum absolute atomic E-state index is 0.133. The van der Waals surface area contributed by atoms with Crippen LogP contribution in [0.1, 0.15) is 17.5 Å². The molecule has 0 aliphatic carbocycles. The van der Waals surface area contributed by atoms with E-state index in [0.29, 0.717) is 12.0 Å². The summed E-state index contributed by atoms with van der Waals surface area (Å²) in [5, 5.41) is 2.83. The monoisotopic (exact) mass is 287 g/mol. The zero-order valence-electron chi connectivity index (χ0n) is 12.2. The molecule has 0 unspecified atom stereocenters. The van der Waals surface area contributed by atoms with Gasteiger partial charge in [0.1, 0.15) is 11.6 Å². The van der Waals surface area contributed by atoms with E-state index in [1.165, 1.54) is 6.07 Å². The number of rotatable bonds is 5. The molecule has 2 aromatic carbocycles. The highest BCUT2D eigenvalue weighted by molar-refractivity contribution is 5.91. The Morgan fingerprint density at radius 3 is 2.67 bits per heavy atom. The standard InChI is InChI=1S/C17H18FNO2/c1-12-11-14(21-2)8-9-16(12)19-17(20)10-7-13-5-3-4-6-15(13)18/h3-6,8-9,11H,7,10H2,1-2H3,(H,19,20). The fourth-order valence-electron chi connectivity index (χ4n) is 2.07. The van der Waals surface area contributed by atoms with Crippen LogP contribution < -0.4 is 10.1 Å². The lowest BCUT2D eigenvalue weighted by Gasteiger charge is -2.10. The van der Waals surface area contributed by atoms with Crippen LogP contribution in [0.15, 0.2) is 42.5 Å². The summed E-state index contributed by atoms with van der Waals surface area (Å²) in [7, 11) is 1.60. The van der Waals surface area contributed by atoms with Crippen LogP contribution in [0.2, 0.25) is 0 Å². The quantitative estimate of drug-likeness (QED) is 0.910. The summed E-state index contributed by atoms with van der Waals surface area (Å²) in [4.78, 5) is 11.9. The fourth-order valence-corrected chi connectivity index (χ4v) is 2.07. The second kappa shape index (κ2) is 6.88. The Labute approximate surface area is 123 Å². The summed E-state index contributed by atoms with van der Waals surface area (Å²) >= 11 is 0. The molecule has 0 radical (unpaired) electrons. The Morgan fingerprint density at radius 2 is 2.00 bits per heavy atom. The van der Waals surface area contributed by atoms with Crippen molar-refractivity contribution in [3.63, 3.8) is 0 Å². The van der Waals surface area contributed by atoms with Gasteiger partial charge in [-0.2, -0.15) is 0 Å². The zero-order chi connectivity index (χ0) is 15.2. The third-order valence-corrected chi connectivity index (χ3v) is 3.29. The zero-order valence-corrected chi connectivity index (χ0v) is 12.2. The van der Waals surface area contributed by atoms with Crippen molar-refractivity contribution in [3.05, 3.63) is 59.4 Å². The average Bonchev–Trinajstić information content (AvgIpc) is 2.48. The Hall–Kier alpha value is -2.36. The molecule has 21 heavy (non-hydrogen) atoms. The minimum Gasteiger partial charge on any atom is -0.497 e. The first-order valence-corrected chi connectivity index (χ1v) is 6.78. The first-order chi connectivity index (χ1) is 10.1. The number of hydrogen-bond acceptors (Lipinski definition) is 2. The first-order valence-electron chi connectivity index (χ1n) is 6.78. The van der Waals surface area contributed by atoms with Crippen molar-refractivity contribution in [2.24, 2.45) is 0 Å². The Kier molecular flexibility index (Phi) is 4.93. The van der Waals surface area contributed by atoms with Crippen LogP contribution in [0.3, 0.4) is 0 Å². The van der Waals surface area contributed by atoms with E-state index in [0.717, 1.165) is 17.0 Å². The molecule has 1 N–H and O–H groups in total. The second-order valence-corrected chi connectivity index (χ2v) is 4.82. The molecule has 0 saturated carbocycles. The van der Waals surface area contributed by atoms with Gasteiger partial charge in [0.15, 0.2) is 0 Å². The highest BCUT2D eigenvalue weighted by Crippen LogP contribution is 2.21. The number of ether oxygens (including phenoxy) is 1. The van der Waals surface area contributed by atoms with Crippen molar-refractivity contribution in [2.75, 3.05) is 12.4 Å². The van der Waals surface area contributed by atoms with Gasteiger partial charge in [0.05, 0.1) is 7.11 Å². The van der Waals surface area contributed by atoms with Crippen LogP contribution in [-0.2, 0) is 11.2 Å². The lowest BCUT2D eigenvalue weighted by molar-refractivity contribution is -0.116. The molecule has 0 heterocycles.